The number of H-pyrrole nitrogens is 1. The second-order valence-corrected chi connectivity index (χ2v) is 6.34. The van der Waals surface area contributed by atoms with Gasteiger partial charge in [-0.25, -0.2) is 0 Å². The highest BCUT2D eigenvalue weighted by atomic mass is 79.9. The van der Waals surface area contributed by atoms with Crippen LogP contribution in [-0.2, 0) is 0 Å². The smallest absolute Gasteiger partial charge is 0.387 e. The molecule has 130 valence electrons. The Morgan fingerprint density at radius 2 is 2.04 bits per heavy atom. The van der Waals surface area contributed by atoms with E-state index in [4.69, 9.17) is 0 Å². The highest BCUT2D eigenvalue weighted by Crippen LogP contribution is 2.33. The number of rotatable bonds is 6. The predicted molar refractivity (Wildman–Crippen MR) is 96.3 cm³/mol. The summed E-state index contributed by atoms with van der Waals surface area (Å²) < 4.78 is 32.6. The zero-order chi connectivity index (χ0) is 18.0. The van der Waals surface area contributed by atoms with Crippen molar-refractivity contribution in [1.29, 1.82) is 0 Å². The Morgan fingerprint density at radius 1 is 1.28 bits per heavy atom. The third kappa shape index (κ3) is 3.51. The summed E-state index contributed by atoms with van der Waals surface area (Å²) in [6.07, 6.45) is 2.10. The minimum atomic E-state index is -2.93. The van der Waals surface area contributed by atoms with Gasteiger partial charge in [0.05, 0.1) is 16.9 Å². The molecule has 0 aliphatic carbocycles. The van der Waals surface area contributed by atoms with E-state index < -0.39 is 12.7 Å². The van der Waals surface area contributed by atoms with Gasteiger partial charge in [-0.15, -0.1) is 6.58 Å². The van der Waals surface area contributed by atoms with E-state index in [1.54, 1.807) is 47.2 Å². The number of hydrogen-bond donors (Lipinski definition) is 1. The molecule has 1 heterocycles. The molecule has 0 amide bonds. The molecule has 25 heavy (non-hydrogen) atoms. The second kappa shape index (κ2) is 7.23. The average Bonchev–Trinajstić information content (AvgIpc) is 2.89. The van der Waals surface area contributed by atoms with Crippen molar-refractivity contribution in [3.05, 3.63) is 75.5 Å². The van der Waals surface area contributed by atoms with Crippen LogP contribution in [0.15, 0.2) is 64.4 Å². The van der Waals surface area contributed by atoms with Crippen LogP contribution in [0.1, 0.15) is 18.0 Å². The fraction of sp³-hybridized carbons (Fsp3) is 0.167. The summed E-state index contributed by atoms with van der Waals surface area (Å²) in [5.41, 5.74) is 0.956. The Labute approximate surface area is 150 Å². The normalized spacial score (nSPS) is 12.5. The first kappa shape index (κ1) is 17.4. The van der Waals surface area contributed by atoms with Crippen LogP contribution in [0.4, 0.5) is 8.78 Å². The van der Waals surface area contributed by atoms with Crippen LogP contribution < -0.4 is 10.3 Å². The van der Waals surface area contributed by atoms with Crippen LogP contribution in [-0.4, -0.2) is 16.4 Å². The van der Waals surface area contributed by atoms with E-state index in [2.05, 4.69) is 32.3 Å². The van der Waals surface area contributed by atoms with Gasteiger partial charge in [-0.2, -0.15) is 8.78 Å². The van der Waals surface area contributed by atoms with Gasteiger partial charge in [0.1, 0.15) is 5.75 Å². The largest absolute Gasteiger partial charge is 0.434 e. The van der Waals surface area contributed by atoms with E-state index in [0.717, 1.165) is 4.47 Å². The van der Waals surface area contributed by atoms with Crippen LogP contribution in [0.5, 0.6) is 5.75 Å². The summed E-state index contributed by atoms with van der Waals surface area (Å²) >= 11 is 3.39. The van der Waals surface area contributed by atoms with Crippen LogP contribution >= 0.6 is 15.9 Å². The maximum atomic E-state index is 12.7. The van der Waals surface area contributed by atoms with Crippen molar-refractivity contribution in [2.24, 2.45) is 0 Å². The molecule has 0 spiro atoms. The van der Waals surface area contributed by atoms with E-state index in [9.17, 15) is 13.6 Å². The molecule has 2 aromatic carbocycles. The van der Waals surface area contributed by atoms with Crippen molar-refractivity contribution in [2.75, 3.05) is 0 Å². The van der Waals surface area contributed by atoms with Crippen molar-refractivity contribution in [2.45, 2.75) is 19.1 Å². The van der Waals surface area contributed by atoms with Gasteiger partial charge in [0.25, 0.3) is 5.56 Å². The number of nitrogens with zero attached hydrogens (tertiary/aromatic N) is 1. The zero-order valence-electron chi connectivity index (χ0n) is 13.1. The molecule has 3 rings (SSSR count). The lowest BCUT2D eigenvalue weighted by Crippen LogP contribution is -2.16. The van der Waals surface area contributed by atoms with Crippen LogP contribution in [0.3, 0.4) is 0 Å². The molecule has 1 N–H and O–H groups in total. The summed E-state index contributed by atoms with van der Waals surface area (Å²) in [7, 11) is 0. The number of aromatic nitrogens is 2. The van der Waals surface area contributed by atoms with Gasteiger partial charge in [-0.1, -0.05) is 40.2 Å². The van der Waals surface area contributed by atoms with Crippen molar-refractivity contribution < 1.29 is 13.5 Å². The van der Waals surface area contributed by atoms with Crippen molar-refractivity contribution >= 4 is 26.8 Å². The molecule has 0 aliphatic heterocycles. The van der Waals surface area contributed by atoms with Gasteiger partial charge in [0.2, 0.25) is 0 Å². The molecule has 0 fully saturated rings. The van der Waals surface area contributed by atoms with Gasteiger partial charge in [0.15, 0.2) is 0 Å². The topological polar surface area (TPSA) is 47.0 Å². The van der Waals surface area contributed by atoms with Gasteiger partial charge in [0, 0.05) is 10.0 Å². The lowest BCUT2D eigenvalue weighted by Gasteiger charge is -2.21. The Balaban J connectivity index is 2.20. The molecule has 0 saturated carbocycles. The number of alkyl halides is 2. The molecule has 0 aliphatic rings. The monoisotopic (exact) mass is 408 g/mol. The van der Waals surface area contributed by atoms with Gasteiger partial charge >= 0.3 is 6.61 Å². The first-order valence-corrected chi connectivity index (χ1v) is 8.35. The highest BCUT2D eigenvalue weighted by Gasteiger charge is 2.21. The Bertz CT molecular complexity index is 965. The summed E-state index contributed by atoms with van der Waals surface area (Å²) in [6.45, 7) is 0.813. The molecule has 0 radical (unpaired) electrons. The third-order valence-electron chi connectivity index (χ3n) is 3.88. The van der Waals surface area contributed by atoms with Gasteiger partial charge in [-0.05, 0) is 30.7 Å². The number of allylic oxidation sites excluding steroid dienone is 1. The SMILES string of the molecule is C=CCC(c1ccccc1OC(F)F)n1[nH]c(=O)c2ccc(Br)cc21. The van der Waals surface area contributed by atoms with Crippen molar-refractivity contribution in [3.8, 4) is 5.75 Å². The van der Waals surface area contributed by atoms with Crippen LogP contribution in [0.25, 0.3) is 10.9 Å². The number of ether oxygens (including phenoxy) is 1. The summed E-state index contributed by atoms with van der Waals surface area (Å²) in [5.74, 6) is 0.0713. The van der Waals surface area contributed by atoms with Crippen LogP contribution in [0.2, 0.25) is 0 Å². The van der Waals surface area contributed by atoms with Crippen LogP contribution in [0, 0.1) is 0 Å². The van der Waals surface area contributed by atoms with Crippen molar-refractivity contribution in [3.63, 3.8) is 0 Å². The van der Waals surface area contributed by atoms with Gasteiger partial charge < -0.3 is 4.74 Å². The molecule has 0 bridgehead atoms. The quantitative estimate of drug-likeness (QED) is 0.592. The molecule has 1 atom stereocenters. The average molecular weight is 409 g/mol. The molecular weight excluding hydrogens is 394 g/mol. The predicted octanol–water partition coefficient (Wildman–Crippen LogP) is 4.86. The zero-order valence-corrected chi connectivity index (χ0v) is 14.7. The summed E-state index contributed by atoms with van der Waals surface area (Å²) in [5, 5.41) is 3.31. The van der Waals surface area contributed by atoms with E-state index in [1.165, 1.54) is 6.07 Å². The van der Waals surface area contributed by atoms with E-state index in [1.807, 2.05) is 0 Å². The number of fused-ring (bicyclic) bond motifs is 1. The molecular formula is C18H15BrF2N2O2. The molecule has 4 nitrogen and oxygen atoms in total. The fourth-order valence-corrected chi connectivity index (χ4v) is 3.21. The maximum Gasteiger partial charge on any atom is 0.387 e. The maximum absolute atomic E-state index is 12.7. The molecule has 1 aromatic heterocycles. The number of hydrogen-bond acceptors (Lipinski definition) is 2. The van der Waals surface area contributed by atoms with E-state index in [0.29, 0.717) is 22.9 Å². The van der Waals surface area contributed by atoms with E-state index >= 15 is 0 Å². The highest BCUT2D eigenvalue weighted by molar-refractivity contribution is 9.10. The number of benzene rings is 2. The number of aromatic amines is 1. The van der Waals surface area contributed by atoms with Crippen molar-refractivity contribution in [1.82, 2.24) is 9.78 Å². The Hall–Kier alpha value is -2.41. The second-order valence-electron chi connectivity index (χ2n) is 5.43. The number of nitrogens with one attached hydrogen (secondary N) is 1. The number of para-hydroxylation sites is 1. The molecule has 1 unspecified atom stereocenters. The van der Waals surface area contributed by atoms with E-state index in [-0.39, 0.29) is 11.3 Å². The first-order chi connectivity index (χ1) is 12.0. The molecule has 7 heteroatoms. The summed E-state index contributed by atoms with van der Waals surface area (Å²) in [6, 6.07) is 11.4. The summed E-state index contributed by atoms with van der Waals surface area (Å²) in [4.78, 5) is 12.2. The lowest BCUT2D eigenvalue weighted by molar-refractivity contribution is -0.0507. The molecule has 0 saturated heterocycles. The third-order valence-corrected chi connectivity index (χ3v) is 4.37. The fourth-order valence-electron chi connectivity index (χ4n) is 2.86. The Morgan fingerprint density at radius 3 is 2.76 bits per heavy atom. The standard InChI is InChI=1S/C18H15BrF2N2O2/c1-2-5-14(12-6-3-4-7-16(12)25-18(20)21)23-15-10-11(19)8-9-13(15)17(24)22-23/h2-4,6-10,14,18H,1,5H2,(H,22,24). The lowest BCUT2D eigenvalue weighted by atomic mass is 10.0. The number of halogens is 3. The minimum Gasteiger partial charge on any atom is -0.434 e. The first-order valence-electron chi connectivity index (χ1n) is 7.55. The van der Waals surface area contributed by atoms with Gasteiger partial charge in [-0.3, -0.25) is 14.6 Å². The molecule has 3 aromatic rings. The minimum absolute atomic E-state index is 0.0713. The Kier molecular flexibility index (Phi) is 5.03.